The van der Waals surface area contributed by atoms with Gasteiger partial charge in [-0.15, -0.1) is 0 Å². The summed E-state index contributed by atoms with van der Waals surface area (Å²) >= 11 is 0. The van der Waals surface area contributed by atoms with Crippen LogP contribution in [-0.2, 0) is 9.53 Å². The SMILES string of the molecule is CCOC(=O)C1=C(C(C)C)NC(=O)NC1c1ccc(OC)c(OC(C)C)c1. The largest absolute Gasteiger partial charge is 0.493 e. The number of allylic oxidation sites excluding steroid dienone is 1. The number of urea groups is 1. The highest BCUT2D eigenvalue weighted by Gasteiger charge is 2.35. The maximum Gasteiger partial charge on any atom is 0.338 e. The molecule has 1 atom stereocenters. The van der Waals surface area contributed by atoms with Crippen molar-refractivity contribution in [2.75, 3.05) is 13.7 Å². The fourth-order valence-corrected chi connectivity index (χ4v) is 2.95. The third-order valence-corrected chi connectivity index (χ3v) is 4.06. The predicted octanol–water partition coefficient (Wildman–Crippen LogP) is 3.31. The quantitative estimate of drug-likeness (QED) is 0.713. The average molecular weight is 376 g/mol. The molecular formula is C20H28N2O5. The van der Waals surface area contributed by atoms with Crippen molar-refractivity contribution in [3.8, 4) is 11.5 Å². The first kappa shape index (κ1) is 20.6. The van der Waals surface area contributed by atoms with E-state index in [-0.39, 0.29) is 24.7 Å². The van der Waals surface area contributed by atoms with E-state index in [0.717, 1.165) is 0 Å². The topological polar surface area (TPSA) is 85.9 Å². The van der Waals surface area contributed by atoms with E-state index in [4.69, 9.17) is 14.2 Å². The minimum absolute atomic E-state index is 0.0527. The van der Waals surface area contributed by atoms with Crippen molar-refractivity contribution in [1.82, 2.24) is 10.6 Å². The van der Waals surface area contributed by atoms with E-state index in [9.17, 15) is 9.59 Å². The summed E-state index contributed by atoms with van der Waals surface area (Å²) in [5.74, 6) is 0.619. The Labute approximate surface area is 160 Å². The number of carbonyl (C=O) groups excluding carboxylic acids is 2. The number of methoxy groups -OCH3 is 1. The number of rotatable bonds is 7. The summed E-state index contributed by atoms with van der Waals surface area (Å²) in [6.07, 6.45) is -0.0527. The van der Waals surface area contributed by atoms with Crippen molar-refractivity contribution in [2.45, 2.75) is 46.8 Å². The van der Waals surface area contributed by atoms with Gasteiger partial charge in [0.1, 0.15) is 0 Å². The van der Waals surface area contributed by atoms with Crippen molar-refractivity contribution in [3.63, 3.8) is 0 Å². The van der Waals surface area contributed by atoms with Crippen LogP contribution in [0, 0.1) is 5.92 Å². The zero-order valence-corrected chi connectivity index (χ0v) is 16.7. The second-order valence-corrected chi connectivity index (χ2v) is 6.81. The van der Waals surface area contributed by atoms with Gasteiger partial charge in [-0.2, -0.15) is 0 Å². The standard InChI is InChI=1S/C20H28N2O5/c1-7-26-19(23)16-17(11(2)3)21-20(24)22-18(16)13-8-9-14(25-6)15(10-13)27-12(4)5/h8-12,18H,7H2,1-6H3,(H2,21,22,24). The zero-order valence-electron chi connectivity index (χ0n) is 16.7. The van der Waals surface area contributed by atoms with Crippen LogP contribution in [0.1, 0.15) is 46.2 Å². The Morgan fingerprint density at radius 3 is 2.44 bits per heavy atom. The number of amides is 2. The van der Waals surface area contributed by atoms with Crippen molar-refractivity contribution in [2.24, 2.45) is 5.92 Å². The minimum Gasteiger partial charge on any atom is -0.493 e. The van der Waals surface area contributed by atoms with E-state index in [2.05, 4.69) is 10.6 Å². The molecule has 0 bridgehead atoms. The molecule has 27 heavy (non-hydrogen) atoms. The van der Waals surface area contributed by atoms with Crippen LogP contribution in [0.4, 0.5) is 4.79 Å². The first-order valence-electron chi connectivity index (χ1n) is 9.11. The Morgan fingerprint density at radius 1 is 1.19 bits per heavy atom. The molecule has 2 rings (SSSR count). The highest BCUT2D eigenvalue weighted by Crippen LogP contribution is 2.36. The van der Waals surface area contributed by atoms with Gasteiger partial charge in [0.05, 0.1) is 31.4 Å². The Morgan fingerprint density at radius 2 is 1.89 bits per heavy atom. The van der Waals surface area contributed by atoms with Crippen LogP contribution in [0.5, 0.6) is 11.5 Å². The Hall–Kier alpha value is -2.70. The molecule has 2 N–H and O–H groups in total. The van der Waals surface area contributed by atoms with Crippen molar-refractivity contribution in [3.05, 3.63) is 35.0 Å². The highest BCUT2D eigenvalue weighted by molar-refractivity contribution is 5.95. The molecular weight excluding hydrogens is 348 g/mol. The summed E-state index contributed by atoms with van der Waals surface area (Å²) in [5, 5.41) is 5.57. The number of ether oxygens (including phenoxy) is 3. The molecule has 2 amide bonds. The van der Waals surface area contributed by atoms with E-state index < -0.39 is 12.0 Å². The molecule has 0 aromatic heterocycles. The minimum atomic E-state index is -0.643. The molecule has 1 unspecified atom stereocenters. The van der Waals surface area contributed by atoms with Crippen LogP contribution in [0.25, 0.3) is 0 Å². The van der Waals surface area contributed by atoms with Crippen LogP contribution in [-0.4, -0.2) is 31.8 Å². The van der Waals surface area contributed by atoms with Crippen LogP contribution in [0.3, 0.4) is 0 Å². The fraction of sp³-hybridized carbons (Fsp3) is 0.500. The van der Waals surface area contributed by atoms with E-state index in [1.54, 1.807) is 32.2 Å². The molecule has 0 fully saturated rings. The first-order valence-corrected chi connectivity index (χ1v) is 9.11. The Balaban J connectivity index is 2.57. The van der Waals surface area contributed by atoms with Gasteiger partial charge in [0.2, 0.25) is 0 Å². The molecule has 1 aliphatic rings. The molecule has 1 aromatic carbocycles. The van der Waals surface area contributed by atoms with Crippen LogP contribution in [0.2, 0.25) is 0 Å². The van der Waals surface area contributed by atoms with Crippen molar-refractivity contribution < 1.29 is 23.8 Å². The maximum atomic E-state index is 12.7. The maximum absolute atomic E-state index is 12.7. The molecule has 7 nitrogen and oxygen atoms in total. The fourth-order valence-electron chi connectivity index (χ4n) is 2.95. The molecule has 1 aliphatic heterocycles. The van der Waals surface area contributed by atoms with Gasteiger partial charge in [0.15, 0.2) is 11.5 Å². The van der Waals surface area contributed by atoms with Crippen LogP contribution in [0.15, 0.2) is 29.5 Å². The van der Waals surface area contributed by atoms with Gasteiger partial charge >= 0.3 is 12.0 Å². The molecule has 7 heteroatoms. The molecule has 1 heterocycles. The summed E-state index contributed by atoms with van der Waals surface area (Å²) in [7, 11) is 1.56. The summed E-state index contributed by atoms with van der Waals surface area (Å²) < 4.78 is 16.4. The normalized spacial score (nSPS) is 16.9. The van der Waals surface area contributed by atoms with Gasteiger partial charge < -0.3 is 24.8 Å². The van der Waals surface area contributed by atoms with Gasteiger partial charge in [-0.05, 0) is 44.4 Å². The first-order chi connectivity index (χ1) is 12.8. The number of esters is 1. The summed E-state index contributed by atoms with van der Waals surface area (Å²) in [5.41, 5.74) is 1.67. The lowest BCUT2D eigenvalue weighted by Crippen LogP contribution is -2.47. The third-order valence-electron chi connectivity index (χ3n) is 4.06. The van der Waals surface area contributed by atoms with Crippen LogP contribution < -0.4 is 20.1 Å². The lowest BCUT2D eigenvalue weighted by molar-refractivity contribution is -0.139. The summed E-state index contributed by atoms with van der Waals surface area (Å²) in [4.78, 5) is 24.9. The number of nitrogens with one attached hydrogen (secondary N) is 2. The molecule has 148 valence electrons. The summed E-state index contributed by atoms with van der Waals surface area (Å²) in [6.45, 7) is 9.66. The van der Waals surface area contributed by atoms with Gasteiger partial charge in [-0.25, -0.2) is 9.59 Å². The second-order valence-electron chi connectivity index (χ2n) is 6.81. The number of carbonyl (C=O) groups is 2. The van der Waals surface area contributed by atoms with E-state index >= 15 is 0 Å². The highest BCUT2D eigenvalue weighted by atomic mass is 16.5. The molecule has 1 aromatic rings. The molecule has 0 aliphatic carbocycles. The lowest BCUT2D eigenvalue weighted by atomic mass is 9.91. The molecule has 0 saturated carbocycles. The Bertz CT molecular complexity index is 740. The second kappa shape index (κ2) is 8.79. The van der Waals surface area contributed by atoms with E-state index in [0.29, 0.717) is 28.3 Å². The lowest BCUT2D eigenvalue weighted by Gasteiger charge is -2.31. The number of hydrogen-bond donors (Lipinski definition) is 2. The number of benzene rings is 1. The number of hydrogen-bond acceptors (Lipinski definition) is 5. The van der Waals surface area contributed by atoms with Gasteiger partial charge in [-0.1, -0.05) is 19.9 Å². The van der Waals surface area contributed by atoms with Gasteiger partial charge in [-0.3, -0.25) is 0 Å². The van der Waals surface area contributed by atoms with Crippen LogP contribution >= 0.6 is 0 Å². The van der Waals surface area contributed by atoms with Gasteiger partial charge in [0.25, 0.3) is 0 Å². The summed E-state index contributed by atoms with van der Waals surface area (Å²) in [6, 6.07) is 4.35. The van der Waals surface area contributed by atoms with Gasteiger partial charge in [0, 0.05) is 5.70 Å². The monoisotopic (exact) mass is 376 g/mol. The zero-order chi connectivity index (χ0) is 20.1. The third kappa shape index (κ3) is 4.72. The van der Waals surface area contributed by atoms with E-state index in [1.807, 2.05) is 27.7 Å². The molecule has 0 saturated heterocycles. The average Bonchev–Trinajstić information content (AvgIpc) is 2.60. The van der Waals surface area contributed by atoms with Crippen molar-refractivity contribution in [1.29, 1.82) is 0 Å². The smallest absolute Gasteiger partial charge is 0.338 e. The predicted molar refractivity (Wildman–Crippen MR) is 102 cm³/mol. The molecule has 0 radical (unpaired) electrons. The van der Waals surface area contributed by atoms with Crippen molar-refractivity contribution >= 4 is 12.0 Å². The van der Waals surface area contributed by atoms with E-state index in [1.165, 1.54) is 0 Å². The molecule has 0 spiro atoms. The Kier molecular flexibility index (Phi) is 6.71.